The molecule has 560 valence electrons. The molecule has 0 saturated carbocycles. The van der Waals surface area contributed by atoms with E-state index in [1.165, 1.54) is 19.1 Å². The molecular formula is C74H119N11O15. The third-order valence-electron chi connectivity index (χ3n) is 19.2. The second kappa shape index (κ2) is 42.1. The monoisotopic (exact) mass is 1400 g/mol. The van der Waals surface area contributed by atoms with Crippen LogP contribution in [0.25, 0.3) is 0 Å². The number of methoxy groups -OCH3 is 2. The van der Waals surface area contributed by atoms with Gasteiger partial charge in [0.25, 0.3) is 0 Å². The first-order valence-corrected chi connectivity index (χ1v) is 35.6. The Morgan fingerprint density at radius 3 is 1.98 bits per heavy atom. The summed E-state index contributed by atoms with van der Waals surface area (Å²) in [5, 5.41) is 30.2. The van der Waals surface area contributed by atoms with E-state index < -0.39 is 78.3 Å². The summed E-state index contributed by atoms with van der Waals surface area (Å²) in [6.07, 6.45) is 1.17. The molecular weight excluding hydrogens is 1280 g/mol. The molecule has 3 aromatic rings. The van der Waals surface area contributed by atoms with Gasteiger partial charge in [-0.25, -0.2) is 19.1 Å². The Labute approximate surface area is 593 Å². The van der Waals surface area contributed by atoms with E-state index in [4.69, 9.17) is 29.4 Å². The number of carbonyl (C=O) groups is 9. The van der Waals surface area contributed by atoms with Crippen LogP contribution in [-0.2, 0) is 71.0 Å². The van der Waals surface area contributed by atoms with E-state index in [2.05, 4.69) is 52.4 Å². The van der Waals surface area contributed by atoms with Crippen molar-refractivity contribution >= 4 is 58.9 Å². The van der Waals surface area contributed by atoms with E-state index >= 15 is 0 Å². The van der Waals surface area contributed by atoms with Gasteiger partial charge in [0, 0.05) is 102 Å². The van der Waals surface area contributed by atoms with E-state index in [0.717, 1.165) is 11.3 Å². The summed E-state index contributed by atoms with van der Waals surface area (Å²) in [7, 11) is 6.25. The van der Waals surface area contributed by atoms with Gasteiger partial charge in [0.1, 0.15) is 12.4 Å². The van der Waals surface area contributed by atoms with Crippen LogP contribution in [0.4, 0.5) is 20.1 Å². The minimum atomic E-state index is -0.964. The molecule has 0 aliphatic carbocycles. The van der Waals surface area contributed by atoms with Crippen LogP contribution in [0.2, 0.25) is 0 Å². The summed E-state index contributed by atoms with van der Waals surface area (Å²) >= 11 is 0. The predicted octanol–water partition coefficient (Wildman–Crippen LogP) is 8.67. The molecule has 0 radical (unpaired) electrons. The highest BCUT2D eigenvalue weighted by molar-refractivity contribution is 5.97. The fourth-order valence-electron chi connectivity index (χ4n) is 13.0. The second-order valence-corrected chi connectivity index (χ2v) is 28.9. The highest BCUT2D eigenvalue weighted by Gasteiger charge is 2.44. The number of carbonyl (C=O) groups excluding carboxylic acids is 9. The second-order valence-electron chi connectivity index (χ2n) is 28.9. The number of nitrogens with zero attached hydrogens (tertiary/aromatic N) is 6. The third kappa shape index (κ3) is 26.5. The number of likely N-dealkylation sites (tertiary alicyclic amines) is 1. The van der Waals surface area contributed by atoms with Crippen LogP contribution < -0.4 is 27.0 Å². The van der Waals surface area contributed by atoms with Crippen molar-refractivity contribution in [1.82, 2.24) is 45.6 Å². The van der Waals surface area contributed by atoms with Gasteiger partial charge in [-0.3, -0.25) is 28.8 Å². The zero-order valence-electron chi connectivity index (χ0n) is 62.6. The van der Waals surface area contributed by atoms with Gasteiger partial charge in [0.2, 0.25) is 17.7 Å². The van der Waals surface area contributed by atoms with Crippen molar-refractivity contribution in [3.8, 4) is 0 Å². The number of ether oxygens (including phenoxy) is 5. The average Bonchev–Trinajstić information content (AvgIpc) is 1.27. The highest BCUT2D eigenvalue weighted by Crippen LogP contribution is 2.34. The zero-order chi connectivity index (χ0) is 74.6. The molecule has 1 aromatic heterocycles. The molecule has 100 heavy (non-hydrogen) atoms. The van der Waals surface area contributed by atoms with E-state index in [1.807, 2.05) is 91.9 Å². The van der Waals surface area contributed by atoms with E-state index in [1.54, 1.807) is 66.8 Å². The topological polar surface area (TPSA) is 335 Å². The zero-order valence-corrected chi connectivity index (χ0v) is 62.6. The van der Waals surface area contributed by atoms with Gasteiger partial charge in [-0.2, -0.15) is 0 Å². The summed E-state index contributed by atoms with van der Waals surface area (Å²) in [6, 6.07) is 11.6. The van der Waals surface area contributed by atoms with Crippen LogP contribution in [0.15, 0.2) is 60.8 Å². The molecule has 1 saturated heterocycles. The highest BCUT2D eigenvalue weighted by atomic mass is 16.6. The number of hydrogen-bond acceptors (Lipinski definition) is 17. The molecule has 1 fully saturated rings. The van der Waals surface area contributed by atoms with E-state index in [9.17, 15) is 48.3 Å². The summed E-state index contributed by atoms with van der Waals surface area (Å²) in [5.74, 6) is -5.44. The Bertz CT molecular complexity index is 3050. The Balaban J connectivity index is 1.33. The van der Waals surface area contributed by atoms with Crippen molar-refractivity contribution in [1.29, 1.82) is 0 Å². The molecule has 0 bridgehead atoms. The molecule has 26 nitrogen and oxygen atoms in total. The number of benzene rings is 2. The van der Waals surface area contributed by atoms with Gasteiger partial charge in [-0.15, -0.1) is 5.10 Å². The lowest BCUT2D eigenvalue weighted by atomic mass is 9.83. The maximum atomic E-state index is 14.9. The molecule has 0 spiro atoms. The summed E-state index contributed by atoms with van der Waals surface area (Å²) < 4.78 is 30.9. The Hall–Kier alpha value is -7.39. The summed E-state index contributed by atoms with van der Waals surface area (Å²) in [5.41, 5.74) is 7.77. The summed E-state index contributed by atoms with van der Waals surface area (Å²) in [4.78, 5) is 129. The third-order valence-corrected chi connectivity index (χ3v) is 19.2. The maximum absolute atomic E-state index is 14.9. The van der Waals surface area contributed by atoms with Crippen molar-refractivity contribution in [2.24, 2.45) is 53.1 Å². The number of amides is 8. The van der Waals surface area contributed by atoms with Gasteiger partial charge in [0.15, 0.2) is 11.6 Å². The van der Waals surface area contributed by atoms with Gasteiger partial charge in [-0.1, -0.05) is 144 Å². The largest absolute Gasteiger partial charge is 0.445 e. The molecule has 1 aliphatic heterocycles. The molecule has 1 aliphatic rings. The van der Waals surface area contributed by atoms with E-state index in [-0.39, 0.29) is 129 Å². The first-order valence-electron chi connectivity index (χ1n) is 35.6. The number of aromatic nitrogens is 3. The fraction of sp³-hybridized carbons (Fsp3) is 0.689. The van der Waals surface area contributed by atoms with Crippen LogP contribution in [0.3, 0.4) is 0 Å². The number of aliphatic hydroxyl groups is 1. The number of aliphatic hydroxyl groups excluding tert-OH is 1. The Morgan fingerprint density at radius 1 is 0.740 bits per heavy atom. The number of nitrogens with one attached hydrogen (secondary N) is 4. The van der Waals surface area contributed by atoms with Crippen LogP contribution in [0.5, 0.6) is 0 Å². The number of primary amides is 1. The van der Waals surface area contributed by atoms with Crippen molar-refractivity contribution in [3.05, 3.63) is 77.6 Å². The molecule has 2 unspecified atom stereocenters. The number of hydrogen-bond donors (Lipinski definition) is 6. The van der Waals surface area contributed by atoms with Gasteiger partial charge < -0.3 is 70.5 Å². The van der Waals surface area contributed by atoms with E-state index in [0.29, 0.717) is 69.8 Å². The van der Waals surface area contributed by atoms with Gasteiger partial charge in [-0.05, 0) is 78.5 Å². The van der Waals surface area contributed by atoms with Gasteiger partial charge >= 0.3 is 18.2 Å². The smallest absolute Gasteiger partial charge is 0.410 e. The normalized spacial score (nSPS) is 16.6. The average molecular weight is 1400 g/mol. The first kappa shape index (κ1) is 85.0. The van der Waals surface area contributed by atoms with Crippen LogP contribution >= 0.6 is 0 Å². The standard InChI is InChI=1S/C74H119N11O15/c1-18-49(8)66(61(96-16)43-63(89)85-34-23-27-57(85)68(97-17)51(10)58(86)40-50(9)67(90)53-24-20-19-21-25-53)82(14)70(92)56(46(2)3)42-60(88)65(48(6)7)83(15)73(95)100-45-52-28-30-55(31-29-52)78-69(91)54(26-22-32-76-71(75)93)41-59(87)64(47(4)5)79-72(94)77-33-36-98-38-39-99-37-35-84-44-62(80-81-84)74(11,12)13/h19-21,24-25,28-31,44,46-51,54,56-57,61,64-68,90H,18,22-23,26-27,32-43,45H2,1-17H3,(H,78,91)(H3,75,76,93)(H2,77,79,94)/t49-,50-,51-,54+,56-,57-,61+,64-,65-,66?,67?,68+/m0/s1. The molecule has 2 heterocycles. The number of nitrogens with two attached hydrogens (primary N) is 1. The van der Waals surface area contributed by atoms with Crippen LogP contribution in [-0.4, -0.2) is 199 Å². The Morgan fingerprint density at radius 2 is 1.40 bits per heavy atom. The SMILES string of the molecule is CC[C@H](C)C([C@@H](CC(=O)N1CCC[C@H]1[C@H](OC)[C@@H](C)C(=O)C[C@H](C)C(O)c1ccccc1)OC)N(C)C(=O)[C@@H](CC(=O)[C@H](C(C)C)N(C)C(=O)OCc1ccc(NC(=O)[C@H](CCCNC(N)=O)CC(=O)[C@@H](NC(=O)NCCOCCOCCn2cc(C(C)(C)C)nn2)C(C)C)cc1)C(C)C. The van der Waals surface area contributed by atoms with Crippen molar-refractivity contribution < 1.29 is 71.9 Å². The summed E-state index contributed by atoms with van der Waals surface area (Å²) in [6.45, 7) is 27.3. The number of likely N-dealkylation sites (N-methyl/N-ethyl adjacent to an activating group) is 2. The molecule has 7 N–H and O–H groups in total. The molecule has 8 amide bonds. The lowest BCUT2D eigenvalue weighted by Crippen LogP contribution is -2.54. The van der Waals surface area contributed by atoms with Crippen molar-refractivity contribution in [3.63, 3.8) is 0 Å². The number of Topliss-reactive ketones (excluding diaryl/α,β-unsaturated/α-hetero) is 3. The molecule has 4 rings (SSSR count). The predicted molar refractivity (Wildman–Crippen MR) is 381 cm³/mol. The lowest BCUT2D eigenvalue weighted by molar-refractivity contribution is -0.149. The minimum Gasteiger partial charge on any atom is -0.445 e. The number of rotatable bonds is 44. The Kier molecular flexibility index (Phi) is 35.8. The first-order chi connectivity index (χ1) is 47.3. The molecule has 2 aromatic carbocycles. The van der Waals surface area contributed by atoms with Gasteiger partial charge in [0.05, 0.1) is 87.6 Å². The van der Waals surface area contributed by atoms with Crippen LogP contribution in [0.1, 0.15) is 171 Å². The van der Waals surface area contributed by atoms with Crippen molar-refractivity contribution in [2.75, 3.05) is 79.7 Å². The van der Waals surface area contributed by atoms with Crippen LogP contribution in [0, 0.1) is 47.3 Å². The molecule has 26 heteroatoms. The molecule has 12 atom stereocenters. The van der Waals surface area contributed by atoms with Crippen molar-refractivity contribution in [2.45, 2.75) is 209 Å². The number of ketones is 3. The fourth-order valence-corrected chi connectivity index (χ4v) is 13.0. The quantitative estimate of drug-likeness (QED) is 0.0288. The minimum absolute atomic E-state index is 0.0520. The lowest BCUT2D eigenvalue weighted by Gasteiger charge is -2.41. The maximum Gasteiger partial charge on any atom is 0.410 e. The number of anilines is 1. The number of urea groups is 2.